The maximum absolute atomic E-state index is 12.4. The topological polar surface area (TPSA) is 29.1 Å². The minimum absolute atomic E-state index is 0.0389. The summed E-state index contributed by atoms with van der Waals surface area (Å²) in [6, 6.07) is 7.56. The van der Waals surface area contributed by atoms with E-state index in [0.29, 0.717) is 11.6 Å². The second-order valence-corrected chi connectivity index (χ2v) is 7.11. The maximum atomic E-state index is 12.4. The van der Waals surface area contributed by atoms with Gasteiger partial charge in [-0.15, -0.1) is 11.3 Å². The second kappa shape index (κ2) is 6.20. The van der Waals surface area contributed by atoms with Crippen LogP contribution in [0.1, 0.15) is 39.7 Å². The average molecular weight is 320 g/mol. The summed E-state index contributed by atoms with van der Waals surface area (Å²) >= 11 is 7.59. The minimum atomic E-state index is 0.0389. The number of carbonyl (C=O) groups is 1. The Morgan fingerprint density at radius 2 is 2.14 bits per heavy atom. The highest BCUT2D eigenvalue weighted by Gasteiger charge is 2.22. The second-order valence-electron chi connectivity index (χ2n) is 5.71. The van der Waals surface area contributed by atoms with Crippen molar-refractivity contribution in [3.05, 3.63) is 56.2 Å². The number of thiophene rings is 1. The van der Waals surface area contributed by atoms with Crippen molar-refractivity contribution in [2.24, 2.45) is 5.92 Å². The van der Waals surface area contributed by atoms with E-state index in [2.05, 4.69) is 12.2 Å². The Bertz CT molecular complexity index is 647. The van der Waals surface area contributed by atoms with Crippen molar-refractivity contribution < 1.29 is 4.79 Å². The van der Waals surface area contributed by atoms with Gasteiger partial charge in [0.2, 0.25) is 0 Å². The van der Waals surface area contributed by atoms with Gasteiger partial charge in [0.1, 0.15) is 0 Å². The predicted octanol–water partition coefficient (Wildman–Crippen LogP) is 4.46. The van der Waals surface area contributed by atoms with Gasteiger partial charge in [-0.3, -0.25) is 4.79 Å². The lowest BCUT2D eigenvalue weighted by atomic mass is 9.88. The Morgan fingerprint density at radius 1 is 1.38 bits per heavy atom. The first-order valence-electron chi connectivity index (χ1n) is 7.25. The van der Waals surface area contributed by atoms with Crippen LogP contribution in [0.25, 0.3) is 0 Å². The van der Waals surface area contributed by atoms with E-state index in [1.165, 1.54) is 16.9 Å². The molecule has 1 aliphatic carbocycles. The molecule has 0 saturated carbocycles. The van der Waals surface area contributed by atoms with Crippen LogP contribution >= 0.6 is 22.9 Å². The van der Waals surface area contributed by atoms with Crippen LogP contribution in [0.15, 0.2) is 29.6 Å². The van der Waals surface area contributed by atoms with Gasteiger partial charge in [-0.25, -0.2) is 0 Å². The molecule has 0 bridgehead atoms. The molecule has 1 amide bonds. The van der Waals surface area contributed by atoms with Crippen LogP contribution in [0.5, 0.6) is 0 Å². The van der Waals surface area contributed by atoms with Crippen LogP contribution in [0.3, 0.4) is 0 Å². The summed E-state index contributed by atoms with van der Waals surface area (Å²) in [5, 5.41) is 5.73. The van der Waals surface area contributed by atoms with Gasteiger partial charge in [0.05, 0.1) is 5.56 Å². The molecule has 0 saturated heterocycles. The number of nitrogens with one attached hydrogen (secondary N) is 1. The van der Waals surface area contributed by atoms with Crippen molar-refractivity contribution in [2.45, 2.75) is 32.7 Å². The zero-order valence-electron chi connectivity index (χ0n) is 12.0. The van der Waals surface area contributed by atoms with Gasteiger partial charge in [-0.05, 0) is 48.4 Å². The van der Waals surface area contributed by atoms with E-state index in [9.17, 15) is 4.79 Å². The summed E-state index contributed by atoms with van der Waals surface area (Å²) in [5.41, 5.74) is 3.20. The van der Waals surface area contributed by atoms with E-state index in [4.69, 9.17) is 11.6 Å². The van der Waals surface area contributed by atoms with Crippen LogP contribution in [-0.4, -0.2) is 5.91 Å². The zero-order chi connectivity index (χ0) is 14.8. The van der Waals surface area contributed by atoms with Crippen LogP contribution in [-0.2, 0) is 19.4 Å². The SMILES string of the molecule is CC1CCc2c(C(=O)NCc3ccc(Cl)cc3)csc2C1. The highest BCUT2D eigenvalue weighted by Crippen LogP contribution is 2.32. The lowest BCUT2D eigenvalue weighted by Crippen LogP contribution is -2.24. The molecule has 3 rings (SSSR count). The molecule has 1 heterocycles. The molecular formula is C17H18ClNOS. The quantitative estimate of drug-likeness (QED) is 0.889. The number of benzene rings is 1. The van der Waals surface area contributed by atoms with Gasteiger partial charge >= 0.3 is 0 Å². The first-order valence-corrected chi connectivity index (χ1v) is 8.51. The average Bonchev–Trinajstić information content (AvgIpc) is 2.89. The number of hydrogen-bond donors (Lipinski definition) is 1. The van der Waals surface area contributed by atoms with E-state index < -0.39 is 0 Å². The molecule has 0 fully saturated rings. The normalized spacial score (nSPS) is 17.3. The molecule has 1 aliphatic rings. The number of carbonyl (C=O) groups excluding carboxylic acids is 1. The summed E-state index contributed by atoms with van der Waals surface area (Å²) in [4.78, 5) is 13.8. The third kappa shape index (κ3) is 3.30. The standard InChI is InChI=1S/C17H18ClNOS/c1-11-2-7-14-15(10-21-16(14)8-11)17(20)19-9-12-3-5-13(18)6-4-12/h3-6,10-11H,2,7-9H2,1H3,(H,19,20). The van der Waals surface area contributed by atoms with Crippen molar-refractivity contribution in [1.29, 1.82) is 0 Å². The lowest BCUT2D eigenvalue weighted by Gasteiger charge is -2.18. The fourth-order valence-corrected chi connectivity index (χ4v) is 4.12. The molecule has 0 radical (unpaired) electrons. The molecule has 21 heavy (non-hydrogen) atoms. The van der Waals surface area contributed by atoms with Crippen molar-refractivity contribution in [3.8, 4) is 0 Å². The van der Waals surface area contributed by atoms with Crippen molar-refractivity contribution >= 4 is 28.8 Å². The van der Waals surface area contributed by atoms with Gasteiger partial charge in [-0.2, -0.15) is 0 Å². The summed E-state index contributed by atoms with van der Waals surface area (Å²) in [5.74, 6) is 0.776. The van der Waals surface area contributed by atoms with E-state index >= 15 is 0 Å². The molecular weight excluding hydrogens is 302 g/mol. The number of fused-ring (bicyclic) bond motifs is 1. The van der Waals surface area contributed by atoms with Gasteiger partial charge in [-0.1, -0.05) is 30.7 Å². The first kappa shape index (κ1) is 14.6. The van der Waals surface area contributed by atoms with Gasteiger partial charge in [0, 0.05) is 21.8 Å². The molecule has 1 unspecified atom stereocenters. The molecule has 1 atom stereocenters. The third-order valence-electron chi connectivity index (χ3n) is 4.01. The molecule has 110 valence electrons. The Kier molecular flexibility index (Phi) is 4.32. The molecule has 4 heteroatoms. The molecule has 1 aromatic carbocycles. The largest absolute Gasteiger partial charge is 0.348 e. The highest BCUT2D eigenvalue weighted by molar-refractivity contribution is 7.10. The van der Waals surface area contributed by atoms with Gasteiger partial charge in [0.15, 0.2) is 0 Å². The molecule has 1 N–H and O–H groups in total. The van der Waals surface area contributed by atoms with Crippen molar-refractivity contribution in [2.75, 3.05) is 0 Å². The van der Waals surface area contributed by atoms with Crippen molar-refractivity contribution in [3.63, 3.8) is 0 Å². The van der Waals surface area contributed by atoms with E-state index in [-0.39, 0.29) is 5.91 Å². The van der Waals surface area contributed by atoms with E-state index in [0.717, 1.165) is 29.9 Å². The Balaban J connectivity index is 1.67. The molecule has 1 aromatic heterocycles. The molecule has 0 spiro atoms. The van der Waals surface area contributed by atoms with Crippen LogP contribution < -0.4 is 5.32 Å². The zero-order valence-corrected chi connectivity index (χ0v) is 13.6. The summed E-state index contributed by atoms with van der Waals surface area (Å²) < 4.78 is 0. The van der Waals surface area contributed by atoms with Crippen LogP contribution in [0.4, 0.5) is 0 Å². The molecule has 0 aliphatic heterocycles. The number of hydrogen-bond acceptors (Lipinski definition) is 2. The summed E-state index contributed by atoms with van der Waals surface area (Å²) in [6.07, 6.45) is 3.33. The van der Waals surface area contributed by atoms with Gasteiger partial charge in [0.25, 0.3) is 5.91 Å². The van der Waals surface area contributed by atoms with Crippen LogP contribution in [0, 0.1) is 5.92 Å². The Labute approximate surface area is 134 Å². The fourth-order valence-electron chi connectivity index (χ4n) is 2.75. The van der Waals surface area contributed by atoms with Crippen molar-refractivity contribution in [1.82, 2.24) is 5.32 Å². The Hall–Kier alpha value is -1.32. The summed E-state index contributed by atoms with van der Waals surface area (Å²) in [7, 11) is 0. The number of halogens is 1. The maximum Gasteiger partial charge on any atom is 0.252 e. The monoisotopic (exact) mass is 319 g/mol. The van der Waals surface area contributed by atoms with Crippen LogP contribution in [0.2, 0.25) is 5.02 Å². The predicted molar refractivity (Wildman–Crippen MR) is 88.1 cm³/mol. The molecule has 2 nitrogen and oxygen atoms in total. The molecule has 2 aromatic rings. The lowest BCUT2D eigenvalue weighted by molar-refractivity contribution is 0.0950. The third-order valence-corrected chi connectivity index (χ3v) is 5.32. The Morgan fingerprint density at radius 3 is 2.90 bits per heavy atom. The first-order chi connectivity index (χ1) is 10.1. The highest BCUT2D eigenvalue weighted by atomic mass is 35.5. The van der Waals surface area contributed by atoms with E-state index in [1.807, 2.05) is 29.6 Å². The smallest absolute Gasteiger partial charge is 0.252 e. The van der Waals surface area contributed by atoms with Gasteiger partial charge < -0.3 is 5.32 Å². The summed E-state index contributed by atoms with van der Waals surface area (Å²) in [6.45, 7) is 2.82. The fraction of sp³-hybridized carbons (Fsp3) is 0.353. The minimum Gasteiger partial charge on any atom is -0.348 e. The number of rotatable bonds is 3. The van der Waals surface area contributed by atoms with E-state index in [1.54, 1.807) is 11.3 Å². The number of amides is 1.